The predicted octanol–water partition coefficient (Wildman–Crippen LogP) is 4.68. The second-order valence-electron chi connectivity index (χ2n) is 6.21. The van der Waals surface area contributed by atoms with Crippen molar-refractivity contribution in [3.05, 3.63) is 17.0 Å². The number of aryl methyl sites for hydroxylation is 2. The normalized spacial score (nSPS) is 11.0. The number of Topliss-reactive ketones (excluding diaryl/α,β-unsaturated/α-hetero) is 1. The van der Waals surface area contributed by atoms with Gasteiger partial charge in [-0.05, 0) is 20.3 Å². The number of unbranched alkanes of at least 4 members (excludes halogenated alkanes) is 7. The lowest BCUT2D eigenvalue weighted by Gasteiger charge is -2.03. The molecule has 0 fully saturated rings. The Hall–Kier alpha value is -1.12. The summed E-state index contributed by atoms with van der Waals surface area (Å²) in [6, 6.07) is 0. The Morgan fingerprint density at radius 3 is 2.10 bits per heavy atom. The van der Waals surface area contributed by atoms with Crippen LogP contribution >= 0.6 is 0 Å². The Kier molecular flexibility index (Phi) is 8.33. The van der Waals surface area contributed by atoms with E-state index in [1.54, 1.807) is 0 Å². The molecule has 0 aliphatic heterocycles. The number of hydrogen-bond donors (Lipinski definition) is 0. The van der Waals surface area contributed by atoms with E-state index in [0.29, 0.717) is 12.2 Å². The van der Waals surface area contributed by atoms with Gasteiger partial charge in [0.15, 0.2) is 0 Å². The van der Waals surface area contributed by atoms with Crippen LogP contribution in [0.15, 0.2) is 0 Å². The van der Waals surface area contributed by atoms with Crippen molar-refractivity contribution < 1.29 is 4.79 Å². The Bertz CT molecular complexity index is 435. The van der Waals surface area contributed by atoms with E-state index in [-0.39, 0.29) is 0 Å². The number of ketones is 1. The van der Waals surface area contributed by atoms with Crippen LogP contribution in [0.25, 0.3) is 0 Å². The average molecular weight is 292 g/mol. The van der Waals surface area contributed by atoms with E-state index < -0.39 is 0 Å². The highest BCUT2D eigenvalue weighted by Crippen LogP contribution is 2.15. The van der Waals surface area contributed by atoms with E-state index in [0.717, 1.165) is 29.8 Å². The van der Waals surface area contributed by atoms with Gasteiger partial charge in [0.05, 0.1) is 5.69 Å². The van der Waals surface area contributed by atoms with E-state index >= 15 is 0 Å². The van der Waals surface area contributed by atoms with Crippen molar-refractivity contribution in [3.8, 4) is 0 Å². The molecule has 120 valence electrons. The zero-order valence-electron chi connectivity index (χ0n) is 14.4. The van der Waals surface area contributed by atoms with Crippen molar-refractivity contribution in [1.82, 2.24) is 9.78 Å². The van der Waals surface area contributed by atoms with Gasteiger partial charge in [-0.15, -0.1) is 0 Å². The third-order valence-electron chi connectivity index (χ3n) is 4.34. The van der Waals surface area contributed by atoms with Gasteiger partial charge in [-0.1, -0.05) is 51.9 Å². The highest BCUT2D eigenvalue weighted by atomic mass is 16.1. The van der Waals surface area contributed by atoms with Gasteiger partial charge in [-0.3, -0.25) is 9.48 Å². The monoisotopic (exact) mass is 292 g/mol. The lowest BCUT2D eigenvalue weighted by molar-refractivity contribution is -0.118. The fraction of sp³-hybridized carbons (Fsp3) is 0.778. The topological polar surface area (TPSA) is 34.9 Å². The summed E-state index contributed by atoms with van der Waals surface area (Å²) in [5, 5.41) is 4.37. The summed E-state index contributed by atoms with van der Waals surface area (Å²) in [4.78, 5) is 12.1. The minimum atomic E-state index is 0.361. The highest BCUT2D eigenvalue weighted by molar-refractivity contribution is 5.81. The van der Waals surface area contributed by atoms with E-state index in [1.165, 1.54) is 44.9 Å². The first-order chi connectivity index (χ1) is 10.1. The molecule has 3 nitrogen and oxygen atoms in total. The second-order valence-corrected chi connectivity index (χ2v) is 6.21. The minimum Gasteiger partial charge on any atom is -0.299 e. The Labute approximate surface area is 130 Å². The van der Waals surface area contributed by atoms with Gasteiger partial charge < -0.3 is 0 Å². The number of carbonyl (C=O) groups excluding carboxylic acids is 1. The number of carbonyl (C=O) groups is 1. The molecule has 1 rings (SSSR count). The first-order valence-corrected chi connectivity index (χ1v) is 8.57. The largest absolute Gasteiger partial charge is 0.299 e. The highest BCUT2D eigenvalue weighted by Gasteiger charge is 2.13. The molecule has 3 heteroatoms. The summed E-state index contributed by atoms with van der Waals surface area (Å²) in [7, 11) is 1.94. The van der Waals surface area contributed by atoms with Gasteiger partial charge >= 0.3 is 0 Å². The number of hydrogen-bond acceptors (Lipinski definition) is 2. The van der Waals surface area contributed by atoms with Crippen molar-refractivity contribution in [2.75, 3.05) is 0 Å². The first-order valence-electron chi connectivity index (χ1n) is 8.57. The molecule has 1 heterocycles. The first kappa shape index (κ1) is 17.9. The SMILES string of the molecule is CCCCCCCCCCC(=O)Cc1c(C)nn(C)c1C. The maximum atomic E-state index is 12.1. The molecule has 0 N–H and O–H groups in total. The smallest absolute Gasteiger partial charge is 0.137 e. The maximum Gasteiger partial charge on any atom is 0.137 e. The minimum absolute atomic E-state index is 0.361. The summed E-state index contributed by atoms with van der Waals surface area (Å²) in [6.07, 6.45) is 11.5. The molecule has 0 saturated heterocycles. The molecular weight excluding hydrogens is 260 g/mol. The fourth-order valence-corrected chi connectivity index (χ4v) is 2.81. The van der Waals surface area contributed by atoms with Gasteiger partial charge in [0.1, 0.15) is 5.78 Å². The Balaban J connectivity index is 2.14. The lowest BCUT2D eigenvalue weighted by atomic mass is 10.0. The molecule has 0 atom stereocenters. The van der Waals surface area contributed by atoms with Crippen LogP contribution in [-0.4, -0.2) is 15.6 Å². The predicted molar refractivity (Wildman–Crippen MR) is 88.6 cm³/mol. The Morgan fingerprint density at radius 2 is 1.57 bits per heavy atom. The van der Waals surface area contributed by atoms with Gasteiger partial charge in [0.25, 0.3) is 0 Å². The van der Waals surface area contributed by atoms with E-state index in [2.05, 4.69) is 12.0 Å². The molecule has 0 unspecified atom stereocenters. The standard InChI is InChI=1S/C18H32N2O/c1-5-6-7-8-9-10-11-12-13-17(21)14-18-15(2)19-20(4)16(18)3/h5-14H2,1-4H3. The molecule has 21 heavy (non-hydrogen) atoms. The van der Waals surface area contributed by atoms with Crippen LogP contribution < -0.4 is 0 Å². The molecule has 0 spiro atoms. The summed E-state index contributed by atoms with van der Waals surface area (Å²) in [5.74, 6) is 0.361. The molecule has 0 bridgehead atoms. The van der Waals surface area contributed by atoms with Crippen molar-refractivity contribution >= 4 is 5.78 Å². The van der Waals surface area contributed by atoms with Crippen LogP contribution in [0.5, 0.6) is 0 Å². The van der Waals surface area contributed by atoms with Gasteiger partial charge in [0, 0.05) is 31.1 Å². The van der Waals surface area contributed by atoms with Crippen molar-refractivity contribution in [2.45, 2.75) is 85.0 Å². The van der Waals surface area contributed by atoms with Crippen LogP contribution in [0.2, 0.25) is 0 Å². The maximum absolute atomic E-state index is 12.1. The fourth-order valence-electron chi connectivity index (χ4n) is 2.81. The van der Waals surface area contributed by atoms with Crippen LogP contribution in [0.4, 0.5) is 0 Å². The molecule has 0 radical (unpaired) electrons. The average Bonchev–Trinajstić information content (AvgIpc) is 2.68. The molecular formula is C18H32N2O. The van der Waals surface area contributed by atoms with Crippen LogP contribution in [0, 0.1) is 13.8 Å². The van der Waals surface area contributed by atoms with E-state index in [4.69, 9.17) is 0 Å². The molecule has 1 aromatic heterocycles. The van der Waals surface area contributed by atoms with E-state index in [1.807, 2.05) is 25.6 Å². The van der Waals surface area contributed by atoms with Gasteiger partial charge in [-0.2, -0.15) is 5.10 Å². The molecule has 1 aromatic rings. The lowest BCUT2D eigenvalue weighted by Crippen LogP contribution is -2.04. The van der Waals surface area contributed by atoms with Crippen LogP contribution in [0.1, 0.15) is 81.7 Å². The number of aromatic nitrogens is 2. The third kappa shape index (κ3) is 6.45. The van der Waals surface area contributed by atoms with Crippen molar-refractivity contribution in [2.24, 2.45) is 7.05 Å². The third-order valence-corrected chi connectivity index (χ3v) is 4.34. The zero-order valence-corrected chi connectivity index (χ0v) is 14.4. The molecule has 0 aromatic carbocycles. The summed E-state index contributed by atoms with van der Waals surface area (Å²) in [5.41, 5.74) is 3.25. The zero-order chi connectivity index (χ0) is 15.7. The Morgan fingerprint density at radius 1 is 1.00 bits per heavy atom. The number of rotatable bonds is 11. The number of nitrogens with zero attached hydrogens (tertiary/aromatic N) is 2. The van der Waals surface area contributed by atoms with E-state index in [9.17, 15) is 4.79 Å². The molecule has 0 aliphatic carbocycles. The molecule has 0 amide bonds. The van der Waals surface area contributed by atoms with Crippen LogP contribution in [0.3, 0.4) is 0 Å². The second kappa shape index (κ2) is 9.75. The van der Waals surface area contributed by atoms with Gasteiger partial charge in [0.2, 0.25) is 0 Å². The van der Waals surface area contributed by atoms with Crippen LogP contribution in [-0.2, 0) is 18.3 Å². The molecule has 0 aliphatic rings. The summed E-state index contributed by atoms with van der Waals surface area (Å²) < 4.78 is 1.87. The van der Waals surface area contributed by atoms with Crippen molar-refractivity contribution in [1.29, 1.82) is 0 Å². The van der Waals surface area contributed by atoms with Gasteiger partial charge in [-0.25, -0.2) is 0 Å². The summed E-state index contributed by atoms with van der Waals surface area (Å²) in [6.45, 7) is 6.28. The quantitative estimate of drug-likeness (QED) is 0.555. The summed E-state index contributed by atoms with van der Waals surface area (Å²) >= 11 is 0. The van der Waals surface area contributed by atoms with Crippen molar-refractivity contribution in [3.63, 3.8) is 0 Å². The molecule has 0 saturated carbocycles.